The summed E-state index contributed by atoms with van der Waals surface area (Å²) in [7, 11) is 0. The number of alkyl halides is 1. The predicted molar refractivity (Wildman–Crippen MR) is 40.5 cm³/mol. The van der Waals surface area contributed by atoms with Gasteiger partial charge in [0.15, 0.2) is 0 Å². The fraction of sp³-hybridized carbons (Fsp3) is 1.00. The summed E-state index contributed by atoms with van der Waals surface area (Å²) in [6.07, 6.45) is 3.53. The quantitative estimate of drug-likeness (QED) is 0.599. The largest absolute Gasteiger partial charge is 0.330 e. The summed E-state index contributed by atoms with van der Waals surface area (Å²) in [6.45, 7) is 2.34. The molecule has 10 heavy (non-hydrogen) atoms. The van der Waals surface area contributed by atoms with E-state index in [2.05, 4.69) is 0 Å². The van der Waals surface area contributed by atoms with Gasteiger partial charge in [-0.3, -0.25) is 0 Å². The maximum atomic E-state index is 13.3. The number of rotatable bonds is 1. The van der Waals surface area contributed by atoms with E-state index in [9.17, 15) is 4.39 Å². The van der Waals surface area contributed by atoms with Crippen molar-refractivity contribution in [1.29, 1.82) is 0 Å². The molecule has 0 heterocycles. The molecule has 1 aliphatic carbocycles. The second-order valence-electron chi connectivity index (χ2n) is 3.61. The molecule has 0 amide bonds. The molecule has 1 aliphatic rings. The molecule has 1 fully saturated rings. The highest BCUT2D eigenvalue weighted by Crippen LogP contribution is 2.34. The molecule has 0 aliphatic heterocycles. The Hall–Kier alpha value is -0.110. The van der Waals surface area contributed by atoms with Gasteiger partial charge in [-0.05, 0) is 45.1 Å². The van der Waals surface area contributed by atoms with E-state index < -0.39 is 5.67 Å². The van der Waals surface area contributed by atoms with Gasteiger partial charge >= 0.3 is 0 Å². The van der Waals surface area contributed by atoms with Crippen molar-refractivity contribution >= 4 is 0 Å². The van der Waals surface area contributed by atoms with E-state index in [1.165, 1.54) is 0 Å². The Balaban J connectivity index is 2.40. The van der Waals surface area contributed by atoms with Crippen LogP contribution in [0.5, 0.6) is 0 Å². The molecule has 60 valence electrons. The minimum atomic E-state index is -0.928. The Bertz CT molecular complexity index is 112. The Morgan fingerprint density at radius 2 is 2.40 bits per heavy atom. The molecule has 0 spiro atoms. The molecule has 0 bridgehead atoms. The van der Waals surface area contributed by atoms with Gasteiger partial charge in [0.1, 0.15) is 5.67 Å². The Kier molecular flexibility index (Phi) is 2.29. The zero-order valence-electron chi connectivity index (χ0n) is 6.57. The van der Waals surface area contributed by atoms with E-state index in [0.29, 0.717) is 18.9 Å². The molecule has 0 aromatic heterocycles. The van der Waals surface area contributed by atoms with Crippen LogP contribution in [-0.2, 0) is 0 Å². The van der Waals surface area contributed by atoms with E-state index in [1.807, 2.05) is 0 Å². The van der Waals surface area contributed by atoms with Gasteiger partial charge in [0.2, 0.25) is 0 Å². The minimum absolute atomic E-state index is 0.434. The van der Waals surface area contributed by atoms with E-state index in [-0.39, 0.29) is 0 Å². The van der Waals surface area contributed by atoms with E-state index in [1.54, 1.807) is 6.92 Å². The van der Waals surface area contributed by atoms with Crippen molar-refractivity contribution in [3.05, 3.63) is 0 Å². The second-order valence-corrected chi connectivity index (χ2v) is 3.61. The maximum Gasteiger partial charge on any atom is 0.108 e. The Morgan fingerprint density at radius 1 is 1.70 bits per heavy atom. The van der Waals surface area contributed by atoms with Crippen LogP contribution >= 0.6 is 0 Å². The van der Waals surface area contributed by atoms with E-state index in [4.69, 9.17) is 5.73 Å². The van der Waals surface area contributed by atoms with Crippen LogP contribution in [0.25, 0.3) is 0 Å². The smallest absolute Gasteiger partial charge is 0.108 e. The normalized spacial score (nSPS) is 41.7. The van der Waals surface area contributed by atoms with Crippen LogP contribution < -0.4 is 5.73 Å². The van der Waals surface area contributed by atoms with E-state index >= 15 is 0 Å². The summed E-state index contributed by atoms with van der Waals surface area (Å²) in [5.41, 5.74) is 4.53. The molecule has 2 heteroatoms. The Labute approximate surface area is 61.8 Å². The minimum Gasteiger partial charge on any atom is -0.330 e. The van der Waals surface area contributed by atoms with Crippen molar-refractivity contribution in [2.45, 2.75) is 38.3 Å². The summed E-state index contributed by atoms with van der Waals surface area (Å²) in [6, 6.07) is 0. The van der Waals surface area contributed by atoms with Gasteiger partial charge in [0.05, 0.1) is 0 Å². The molecular formula is C8H16FN. The molecule has 2 N–H and O–H groups in total. The zero-order valence-corrected chi connectivity index (χ0v) is 6.57. The molecule has 2 unspecified atom stereocenters. The fourth-order valence-electron chi connectivity index (χ4n) is 1.77. The lowest BCUT2D eigenvalue weighted by Crippen LogP contribution is -2.31. The van der Waals surface area contributed by atoms with Gasteiger partial charge in [-0.2, -0.15) is 0 Å². The van der Waals surface area contributed by atoms with Crippen LogP contribution in [0.15, 0.2) is 0 Å². The Morgan fingerprint density at radius 3 is 2.80 bits per heavy atom. The van der Waals surface area contributed by atoms with Crippen molar-refractivity contribution in [3.63, 3.8) is 0 Å². The first-order valence-corrected chi connectivity index (χ1v) is 4.03. The van der Waals surface area contributed by atoms with Crippen LogP contribution in [0.3, 0.4) is 0 Å². The van der Waals surface area contributed by atoms with E-state index in [0.717, 1.165) is 19.3 Å². The van der Waals surface area contributed by atoms with Crippen molar-refractivity contribution in [1.82, 2.24) is 0 Å². The third kappa shape index (κ3) is 1.94. The first kappa shape index (κ1) is 7.99. The highest BCUT2D eigenvalue weighted by atomic mass is 19.1. The molecule has 2 atom stereocenters. The number of halogens is 1. The van der Waals surface area contributed by atoms with Crippen LogP contribution in [0, 0.1) is 5.92 Å². The zero-order chi connectivity index (χ0) is 7.61. The predicted octanol–water partition coefficient (Wildman–Crippen LogP) is 1.86. The molecule has 0 radical (unpaired) electrons. The average molecular weight is 145 g/mol. The summed E-state index contributed by atoms with van der Waals surface area (Å²) in [5, 5.41) is 0. The van der Waals surface area contributed by atoms with Crippen molar-refractivity contribution in [3.8, 4) is 0 Å². The van der Waals surface area contributed by atoms with Gasteiger partial charge in [-0.25, -0.2) is 4.39 Å². The van der Waals surface area contributed by atoms with Gasteiger partial charge in [0, 0.05) is 0 Å². The highest BCUT2D eigenvalue weighted by Gasteiger charge is 2.30. The molecule has 1 nitrogen and oxygen atoms in total. The third-order valence-corrected chi connectivity index (χ3v) is 2.36. The monoisotopic (exact) mass is 145 g/mol. The van der Waals surface area contributed by atoms with Crippen LogP contribution in [0.1, 0.15) is 32.6 Å². The molecule has 0 aromatic carbocycles. The standard InChI is InChI=1S/C8H16FN/c1-8(9)4-2-3-7(5-8)6-10/h7H,2-6,10H2,1H3. The number of hydrogen-bond acceptors (Lipinski definition) is 1. The van der Waals surface area contributed by atoms with Crippen LogP contribution in [0.2, 0.25) is 0 Å². The number of hydrogen-bond donors (Lipinski definition) is 1. The summed E-state index contributed by atoms with van der Waals surface area (Å²) >= 11 is 0. The van der Waals surface area contributed by atoms with Gasteiger partial charge < -0.3 is 5.73 Å². The number of nitrogens with two attached hydrogens (primary N) is 1. The SMILES string of the molecule is CC1(F)CCCC(CN)C1. The first-order valence-electron chi connectivity index (χ1n) is 4.03. The molecule has 1 saturated carbocycles. The lowest BCUT2D eigenvalue weighted by Gasteiger charge is -2.30. The summed E-state index contributed by atoms with van der Waals surface area (Å²) < 4.78 is 13.3. The lowest BCUT2D eigenvalue weighted by molar-refractivity contribution is 0.0970. The lowest BCUT2D eigenvalue weighted by atomic mass is 9.80. The van der Waals surface area contributed by atoms with Crippen LogP contribution in [0.4, 0.5) is 4.39 Å². The fourth-order valence-corrected chi connectivity index (χ4v) is 1.77. The van der Waals surface area contributed by atoms with Gasteiger partial charge in [-0.1, -0.05) is 0 Å². The van der Waals surface area contributed by atoms with Crippen molar-refractivity contribution < 1.29 is 4.39 Å². The molecular weight excluding hydrogens is 129 g/mol. The third-order valence-electron chi connectivity index (χ3n) is 2.36. The molecule has 1 rings (SSSR count). The topological polar surface area (TPSA) is 26.0 Å². The maximum absolute atomic E-state index is 13.3. The molecule has 0 aromatic rings. The highest BCUT2D eigenvalue weighted by molar-refractivity contribution is 4.82. The second kappa shape index (κ2) is 2.87. The van der Waals surface area contributed by atoms with Crippen LogP contribution in [-0.4, -0.2) is 12.2 Å². The molecule has 0 saturated heterocycles. The summed E-state index contributed by atoms with van der Waals surface area (Å²) in [5.74, 6) is 0.434. The average Bonchev–Trinajstić information content (AvgIpc) is 1.86. The van der Waals surface area contributed by atoms with Crippen molar-refractivity contribution in [2.75, 3.05) is 6.54 Å². The summed E-state index contributed by atoms with van der Waals surface area (Å²) in [4.78, 5) is 0. The first-order chi connectivity index (χ1) is 4.64. The van der Waals surface area contributed by atoms with Gasteiger partial charge in [0.25, 0.3) is 0 Å². The van der Waals surface area contributed by atoms with Gasteiger partial charge in [-0.15, -0.1) is 0 Å². The van der Waals surface area contributed by atoms with Crippen molar-refractivity contribution in [2.24, 2.45) is 11.7 Å².